The van der Waals surface area contributed by atoms with Gasteiger partial charge in [0.25, 0.3) is 5.91 Å². The van der Waals surface area contributed by atoms with E-state index in [9.17, 15) is 9.90 Å². The highest BCUT2D eigenvalue weighted by atomic mass is 79.9. The van der Waals surface area contributed by atoms with Crippen LogP contribution in [0.1, 0.15) is 37.0 Å². The van der Waals surface area contributed by atoms with Gasteiger partial charge in [0, 0.05) is 34.3 Å². The summed E-state index contributed by atoms with van der Waals surface area (Å²) in [4.78, 5) is 19.4. The van der Waals surface area contributed by atoms with Crippen LogP contribution >= 0.6 is 27.5 Å². The number of hydrogen-bond acceptors (Lipinski definition) is 5. The summed E-state index contributed by atoms with van der Waals surface area (Å²) in [5.41, 5.74) is 0.689. The first kappa shape index (κ1) is 21.9. The van der Waals surface area contributed by atoms with Crippen LogP contribution in [0.15, 0.2) is 34.9 Å². The van der Waals surface area contributed by atoms with E-state index in [-0.39, 0.29) is 11.7 Å². The number of hydrogen-bond donors (Lipinski definition) is 3. The zero-order chi connectivity index (χ0) is 21.0. The second-order valence-electron chi connectivity index (χ2n) is 7.62. The molecule has 0 saturated carbocycles. The summed E-state index contributed by atoms with van der Waals surface area (Å²) in [6.07, 6.45) is 3.78. The first-order chi connectivity index (χ1) is 13.8. The predicted molar refractivity (Wildman–Crippen MR) is 121 cm³/mol. The van der Waals surface area contributed by atoms with Crippen LogP contribution in [-0.2, 0) is 0 Å². The van der Waals surface area contributed by atoms with Crippen LogP contribution < -0.4 is 10.6 Å². The Bertz CT molecular complexity index is 853. The zero-order valence-electron chi connectivity index (χ0n) is 16.6. The van der Waals surface area contributed by atoms with E-state index in [0.717, 1.165) is 30.4 Å². The highest BCUT2D eigenvalue weighted by molar-refractivity contribution is 9.10. The van der Waals surface area contributed by atoms with Crippen molar-refractivity contribution in [3.63, 3.8) is 0 Å². The van der Waals surface area contributed by atoms with Gasteiger partial charge in [-0.15, -0.1) is 0 Å². The molecule has 3 rings (SSSR count). The van der Waals surface area contributed by atoms with E-state index in [0.29, 0.717) is 40.6 Å². The number of nitrogens with zero attached hydrogens (tertiary/aromatic N) is 2. The summed E-state index contributed by atoms with van der Waals surface area (Å²) >= 11 is 9.41. The number of phenolic OH excluding ortho intramolecular Hbond substituents is 1. The SMILES string of the molecule is CC(C)N1CCC(CNc2c(O)cc(Cl)cc2C(=O)Nc2ccc(Br)cn2)CC1. The average molecular weight is 482 g/mol. The number of piperidine rings is 1. The van der Waals surface area contributed by atoms with Crippen molar-refractivity contribution in [2.45, 2.75) is 32.7 Å². The van der Waals surface area contributed by atoms with Gasteiger partial charge < -0.3 is 20.6 Å². The number of carbonyl (C=O) groups is 1. The zero-order valence-corrected chi connectivity index (χ0v) is 18.9. The Hall–Kier alpha value is -1.83. The molecule has 2 aromatic rings. The monoisotopic (exact) mass is 480 g/mol. The largest absolute Gasteiger partial charge is 0.506 e. The first-order valence-corrected chi connectivity index (χ1v) is 10.9. The Kier molecular flexibility index (Phi) is 7.38. The van der Waals surface area contributed by atoms with Crippen LogP contribution in [0.25, 0.3) is 0 Å². The first-order valence-electron chi connectivity index (χ1n) is 9.77. The van der Waals surface area contributed by atoms with E-state index in [1.54, 1.807) is 24.4 Å². The number of likely N-dealkylation sites (tertiary alicyclic amines) is 1. The number of aromatic nitrogens is 1. The van der Waals surface area contributed by atoms with Gasteiger partial charge in [-0.05, 0) is 79.8 Å². The highest BCUT2D eigenvalue weighted by Crippen LogP contribution is 2.33. The maximum atomic E-state index is 12.8. The van der Waals surface area contributed by atoms with Crippen molar-refractivity contribution in [2.24, 2.45) is 5.92 Å². The summed E-state index contributed by atoms with van der Waals surface area (Å²) in [6, 6.07) is 7.05. The maximum absolute atomic E-state index is 12.8. The minimum atomic E-state index is -0.380. The molecule has 1 saturated heterocycles. The van der Waals surface area contributed by atoms with E-state index < -0.39 is 0 Å². The Morgan fingerprint density at radius 3 is 2.69 bits per heavy atom. The molecule has 0 unspecified atom stereocenters. The fourth-order valence-corrected chi connectivity index (χ4v) is 3.96. The molecule has 0 spiro atoms. The molecule has 1 aromatic heterocycles. The summed E-state index contributed by atoms with van der Waals surface area (Å²) < 4.78 is 0.821. The van der Waals surface area contributed by atoms with Gasteiger partial charge in [0.15, 0.2) is 0 Å². The predicted octanol–water partition coefficient (Wildman–Crippen LogP) is 4.99. The lowest BCUT2D eigenvalue weighted by Crippen LogP contribution is -2.39. The van der Waals surface area contributed by atoms with Crippen LogP contribution in [-0.4, -0.2) is 46.6 Å². The molecule has 2 heterocycles. The van der Waals surface area contributed by atoms with Crippen molar-refractivity contribution in [3.8, 4) is 5.75 Å². The number of nitrogens with one attached hydrogen (secondary N) is 2. The number of halogens is 2. The Balaban J connectivity index is 1.70. The molecule has 29 heavy (non-hydrogen) atoms. The fourth-order valence-electron chi connectivity index (χ4n) is 3.51. The van der Waals surface area contributed by atoms with Gasteiger partial charge in [0.05, 0.1) is 11.3 Å². The molecule has 1 amide bonds. The fraction of sp³-hybridized carbons (Fsp3) is 0.429. The highest BCUT2D eigenvalue weighted by Gasteiger charge is 2.22. The van der Waals surface area contributed by atoms with Crippen LogP contribution in [0.2, 0.25) is 5.02 Å². The second-order valence-corrected chi connectivity index (χ2v) is 8.97. The van der Waals surface area contributed by atoms with Crippen LogP contribution in [0, 0.1) is 5.92 Å². The number of aromatic hydroxyl groups is 1. The molecule has 0 aliphatic carbocycles. The molecule has 1 aliphatic heterocycles. The Labute approximate surface area is 184 Å². The topological polar surface area (TPSA) is 77.5 Å². The normalized spacial score (nSPS) is 15.5. The van der Waals surface area contributed by atoms with Crippen LogP contribution in [0.5, 0.6) is 5.75 Å². The van der Waals surface area contributed by atoms with Gasteiger partial charge in [0.1, 0.15) is 11.6 Å². The van der Waals surface area contributed by atoms with Crippen molar-refractivity contribution in [1.29, 1.82) is 0 Å². The summed E-state index contributed by atoms with van der Waals surface area (Å²) in [5, 5.41) is 16.7. The van der Waals surface area contributed by atoms with Gasteiger partial charge in [-0.1, -0.05) is 11.6 Å². The van der Waals surface area contributed by atoms with Gasteiger partial charge in [-0.25, -0.2) is 4.98 Å². The van der Waals surface area contributed by atoms with Crippen LogP contribution in [0.3, 0.4) is 0 Å². The lowest BCUT2D eigenvalue weighted by molar-refractivity contribution is 0.102. The molecule has 156 valence electrons. The number of benzene rings is 1. The van der Waals surface area contributed by atoms with Crippen LogP contribution in [0.4, 0.5) is 11.5 Å². The molecular weight excluding hydrogens is 456 g/mol. The number of amides is 1. The molecule has 0 atom stereocenters. The van der Waals surface area contributed by atoms with E-state index in [1.807, 2.05) is 0 Å². The minimum Gasteiger partial charge on any atom is -0.506 e. The average Bonchev–Trinajstić information content (AvgIpc) is 2.68. The van der Waals surface area contributed by atoms with Crippen molar-refractivity contribution in [2.75, 3.05) is 30.3 Å². The van der Waals surface area contributed by atoms with E-state index >= 15 is 0 Å². The lowest BCUT2D eigenvalue weighted by Gasteiger charge is -2.34. The molecule has 0 radical (unpaired) electrons. The van der Waals surface area contributed by atoms with Crippen molar-refractivity contribution in [1.82, 2.24) is 9.88 Å². The number of carbonyl (C=O) groups excluding carboxylic acids is 1. The molecular formula is C21H26BrClN4O2. The third-order valence-electron chi connectivity index (χ3n) is 5.24. The standard InChI is InChI=1S/C21H26BrClN4O2/c1-13(2)27-7-5-14(6-8-27)11-25-20-17(9-16(23)10-18(20)28)21(29)26-19-4-3-15(22)12-24-19/h3-4,9-10,12-14,25,28H,5-8,11H2,1-2H3,(H,24,26,29). The van der Waals surface area contributed by atoms with Crippen molar-refractivity contribution < 1.29 is 9.90 Å². The van der Waals surface area contributed by atoms with E-state index in [1.165, 1.54) is 6.07 Å². The molecule has 1 aliphatic rings. The lowest BCUT2D eigenvalue weighted by atomic mass is 9.95. The van der Waals surface area contributed by atoms with Gasteiger partial charge in [-0.2, -0.15) is 0 Å². The van der Waals surface area contributed by atoms with Gasteiger partial charge in [-0.3, -0.25) is 4.79 Å². The molecule has 1 fully saturated rings. The molecule has 8 heteroatoms. The summed E-state index contributed by atoms with van der Waals surface area (Å²) in [5.74, 6) is 0.495. The molecule has 0 bridgehead atoms. The van der Waals surface area contributed by atoms with Crippen molar-refractivity contribution >= 4 is 44.9 Å². The summed E-state index contributed by atoms with van der Waals surface area (Å²) in [6.45, 7) is 7.27. The molecule has 6 nitrogen and oxygen atoms in total. The molecule has 3 N–H and O–H groups in total. The minimum absolute atomic E-state index is 0.0361. The van der Waals surface area contributed by atoms with E-state index in [2.05, 4.69) is 50.3 Å². The van der Waals surface area contributed by atoms with E-state index in [4.69, 9.17) is 11.6 Å². The van der Waals surface area contributed by atoms with Crippen molar-refractivity contribution in [3.05, 3.63) is 45.5 Å². The number of phenols is 1. The Morgan fingerprint density at radius 2 is 2.07 bits per heavy atom. The Morgan fingerprint density at radius 1 is 1.34 bits per heavy atom. The molecule has 1 aromatic carbocycles. The number of anilines is 2. The third-order valence-corrected chi connectivity index (χ3v) is 5.93. The summed E-state index contributed by atoms with van der Waals surface area (Å²) in [7, 11) is 0. The maximum Gasteiger partial charge on any atom is 0.259 e. The smallest absolute Gasteiger partial charge is 0.259 e. The van der Waals surface area contributed by atoms with Gasteiger partial charge >= 0.3 is 0 Å². The second kappa shape index (κ2) is 9.78. The van der Waals surface area contributed by atoms with Gasteiger partial charge in [0.2, 0.25) is 0 Å². The number of pyridine rings is 1. The number of rotatable bonds is 6. The quantitative estimate of drug-likeness (QED) is 0.507. The third kappa shape index (κ3) is 5.84.